The van der Waals surface area contributed by atoms with E-state index in [1.54, 1.807) is 0 Å². The lowest BCUT2D eigenvalue weighted by Gasteiger charge is -2.27. The Labute approximate surface area is 202 Å². The fourth-order valence-corrected chi connectivity index (χ4v) is 4.36. The van der Waals surface area contributed by atoms with E-state index in [-0.39, 0.29) is 12.2 Å². The Morgan fingerprint density at radius 1 is 0.697 bits per heavy atom. The average Bonchev–Trinajstić information content (AvgIpc) is 2.78. The van der Waals surface area contributed by atoms with Gasteiger partial charge < -0.3 is 18.9 Å². The van der Waals surface area contributed by atoms with E-state index in [2.05, 4.69) is 27.7 Å². The van der Waals surface area contributed by atoms with Crippen LogP contribution in [0.3, 0.4) is 0 Å². The van der Waals surface area contributed by atoms with E-state index in [0.29, 0.717) is 44.8 Å². The van der Waals surface area contributed by atoms with Crippen LogP contribution in [-0.2, 0) is 18.9 Å². The van der Waals surface area contributed by atoms with Gasteiger partial charge in [0.05, 0.1) is 13.2 Å². The van der Waals surface area contributed by atoms with Gasteiger partial charge in [0.15, 0.2) is 0 Å². The second-order valence-corrected chi connectivity index (χ2v) is 10.0. The van der Waals surface area contributed by atoms with Crippen molar-refractivity contribution >= 4 is 12.3 Å². The highest BCUT2D eigenvalue weighted by atomic mass is 16.7. The summed E-state index contributed by atoms with van der Waals surface area (Å²) in [6.45, 7) is 9.70. The Morgan fingerprint density at radius 3 is 1.85 bits per heavy atom. The molecule has 0 heterocycles. The fraction of sp³-hybridized carbons (Fsp3) is 0.926. The van der Waals surface area contributed by atoms with E-state index >= 15 is 0 Å². The maximum atomic E-state index is 12.1. The maximum Gasteiger partial charge on any atom is 0.508 e. The van der Waals surface area contributed by atoms with Gasteiger partial charge in [-0.25, -0.2) is 9.59 Å². The molecule has 1 aliphatic carbocycles. The van der Waals surface area contributed by atoms with Crippen molar-refractivity contribution in [2.75, 3.05) is 13.2 Å². The van der Waals surface area contributed by atoms with Crippen molar-refractivity contribution in [3.05, 3.63) is 0 Å². The van der Waals surface area contributed by atoms with Crippen molar-refractivity contribution in [3.63, 3.8) is 0 Å². The number of carbonyl (C=O) groups is 2. The van der Waals surface area contributed by atoms with Crippen LogP contribution in [0.4, 0.5) is 9.59 Å². The minimum absolute atomic E-state index is 0.160. The van der Waals surface area contributed by atoms with Gasteiger partial charge in [0.25, 0.3) is 0 Å². The Bertz CT molecular complexity index is 499. The summed E-state index contributed by atoms with van der Waals surface area (Å²) in [7, 11) is 0. The van der Waals surface area contributed by atoms with Crippen LogP contribution in [0.1, 0.15) is 124 Å². The molecule has 1 saturated carbocycles. The molecule has 0 radical (unpaired) electrons. The van der Waals surface area contributed by atoms with E-state index < -0.39 is 12.3 Å². The maximum absolute atomic E-state index is 12.1. The molecule has 194 valence electrons. The SMILES string of the molecule is CCCCCC(CCC)COC(=O)OC1CCC(OC(=O)OCCCCCCC(C)C)CC1. The normalized spacial score (nSPS) is 19.2. The minimum Gasteiger partial charge on any atom is -0.434 e. The van der Waals surface area contributed by atoms with Crippen molar-refractivity contribution < 1.29 is 28.5 Å². The van der Waals surface area contributed by atoms with Crippen LogP contribution < -0.4 is 0 Å². The molecule has 1 rings (SSSR count). The zero-order valence-corrected chi connectivity index (χ0v) is 21.8. The van der Waals surface area contributed by atoms with Crippen molar-refractivity contribution in [2.45, 2.75) is 136 Å². The van der Waals surface area contributed by atoms with Gasteiger partial charge in [-0.1, -0.05) is 79.1 Å². The van der Waals surface area contributed by atoms with Gasteiger partial charge >= 0.3 is 12.3 Å². The Hall–Kier alpha value is -1.46. The van der Waals surface area contributed by atoms with Crippen molar-refractivity contribution in [2.24, 2.45) is 11.8 Å². The summed E-state index contributed by atoms with van der Waals surface area (Å²) in [6, 6.07) is 0. The second-order valence-electron chi connectivity index (χ2n) is 10.0. The largest absolute Gasteiger partial charge is 0.508 e. The molecule has 0 amide bonds. The molecule has 0 aromatic heterocycles. The summed E-state index contributed by atoms with van der Waals surface area (Å²) in [4.78, 5) is 24.0. The molecule has 0 N–H and O–H groups in total. The van der Waals surface area contributed by atoms with Gasteiger partial charge in [-0.2, -0.15) is 0 Å². The molecule has 0 bridgehead atoms. The zero-order chi connectivity index (χ0) is 24.3. The first-order chi connectivity index (χ1) is 15.9. The van der Waals surface area contributed by atoms with E-state index in [9.17, 15) is 9.59 Å². The Morgan fingerprint density at radius 2 is 1.27 bits per heavy atom. The standard InChI is InChI=1S/C27H50O6/c1-5-7-10-15-23(13-6-2)21-31-27(29)33-25-18-16-24(17-19-25)32-26(28)30-20-12-9-8-11-14-22(3)4/h22-25H,5-21H2,1-4H3. The van der Waals surface area contributed by atoms with Crippen molar-refractivity contribution in [1.82, 2.24) is 0 Å². The lowest BCUT2D eigenvalue weighted by atomic mass is 9.95. The van der Waals surface area contributed by atoms with Crippen molar-refractivity contribution in [1.29, 1.82) is 0 Å². The average molecular weight is 471 g/mol. The fourth-order valence-electron chi connectivity index (χ4n) is 4.36. The summed E-state index contributed by atoms with van der Waals surface area (Å²) in [6.07, 6.45) is 13.8. The van der Waals surface area contributed by atoms with Crippen LogP contribution in [0.15, 0.2) is 0 Å². The number of hydrogen-bond acceptors (Lipinski definition) is 6. The van der Waals surface area contributed by atoms with Gasteiger partial charge in [-0.3, -0.25) is 0 Å². The van der Waals surface area contributed by atoms with Gasteiger partial charge in [0, 0.05) is 0 Å². The molecule has 1 aliphatic rings. The molecule has 1 unspecified atom stereocenters. The second kappa shape index (κ2) is 18.9. The third-order valence-electron chi connectivity index (χ3n) is 6.39. The number of hydrogen-bond donors (Lipinski definition) is 0. The van der Waals surface area contributed by atoms with Gasteiger partial charge in [-0.15, -0.1) is 0 Å². The smallest absolute Gasteiger partial charge is 0.434 e. The molecule has 0 aliphatic heterocycles. The van der Waals surface area contributed by atoms with Gasteiger partial charge in [0.2, 0.25) is 0 Å². The topological polar surface area (TPSA) is 71.1 Å². The predicted molar refractivity (Wildman–Crippen MR) is 131 cm³/mol. The molecule has 0 aromatic rings. The third-order valence-corrected chi connectivity index (χ3v) is 6.39. The molecular formula is C27H50O6. The zero-order valence-electron chi connectivity index (χ0n) is 21.8. The van der Waals surface area contributed by atoms with Crippen molar-refractivity contribution in [3.8, 4) is 0 Å². The molecule has 0 aromatic carbocycles. The van der Waals surface area contributed by atoms with E-state index in [4.69, 9.17) is 18.9 Å². The first-order valence-electron chi connectivity index (χ1n) is 13.6. The number of unbranched alkanes of at least 4 members (excludes halogenated alkanes) is 5. The summed E-state index contributed by atoms with van der Waals surface area (Å²) >= 11 is 0. The number of rotatable bonds is 17. The highest BCUT2D eigenvalue weighted by Crippen LogP contribution is 2.25. The lowest BCUT2D eigenvalue weighted by molar-refractivity contribution is -0.0297. The van der Waals surface area contributed by atoms with Crippen LogP contribution in [0.25, 0.3) is 0 Å². The van der Waals surface area contributed by atoms with Gasteiger partial charge in [-0.05, 0) is 56.8 Å². The quantitative estimate of drug-likeness (QED) is 0.157. The summed E-state index contributed by atoms with van der Waals surface area (Å²) in [5.74, 6) is 1.17. The van der Waals surface area contributed by atoms with Crippen LogP contribution >= 0.6 is 0 Å². The number of carbonyl (C=O) groups excluding carboxylic acids is 2. The molecule has 6 nitrogen and oxygen atoms in total. The molecule has 1 atom stereocenters. The monoisotopic (exact) mass is 470 g/mol. The van der Waals surface area contributed by atoms with E-state index in [1.807, 2.05) is 0 Å². The molecule has 6 heteroatoms. The molecule has 0 saturated heterocycles. The highest BCUT2D eigenvalue weighted by molar-refractivity contribution is 5.60. The first-order valence-corrected chi connectivity index (χ1v) is 13.6. The lowest BCUT2D eigenvalue weighted by Crippen LogP contribution is -2.30. The first kappa shape index (κ1) is 29.6. The summed E-state index contributed by atoms with van der Waals surface area (Å²) < 4.78 is 21.5. The number of ether oxygens (including phenoxy) is 4. The third kappa shape index (κ3) is 15.9. The highest BCUT2D eigenvalue weighted by Gasteiger charge is 2.27. The molecular weight excluding hydrogens is 420 g/mol. The van der Waals surface area contributed by atoms with Crippen LogP contribution in [-0.4, -0.2) is 37.7 Å². The Kier molecular flexibility index (Phi) is 16.9. The van der Waals surface area contributed by atoms with Crippen LogP contribution in [0.2, 0.25) is 0 Å². The van der Waals surface area contributed by atoms with E-state index in [0.717, 1.165) is 38.0 Å². The van der Waals surface area contributed by atoms with Crippen LogP contribution in [0, 0.1) is 11.8 Å². The Balaban J connectivity index is 2.11. The minimum atomic E-state index is -0.578. The van der Waals surface area contributed by atoms with Gasteiger partial charge in [0.1, 0.15) is 12.2 Å². The molecule has 0 spiro atoms. The predicted octanol–water partition coefficient (Wildman–Crippen LogP) is 8.21. The summed E-state index contributed by atoms with van der Waals surface area (Å²) in [5.41, 5.74) is 0. The van der Waals surface area contributed by atoms with E-state index in [1.165, 1.54) is 38.5 Å². The summed E-state index contributed by atoms with van der Waals surface area (Å²) in [5, 5.41) is 0. The molecule has 33 heavy (non-hydrogen) atoms. The molecule has 1 fully saturated rings. The van der Waals surface area contributed by atoms with Crippen LogP contribution in [0.5, 0.6) is 0 Å².